The van der Waals surface area contributed by atoms with E-state index in [1.165, 1.54) is 0 Å². The molecule has 0 amide bonds. The number of hydroxylamine groups is 1. The van der Waals surface area contributed by atoms with Gasteiger partial charge in [0.05, 0.1) is 6.04 Å². The SMILES string of the molecule is CC1=NC(=S)NC(c2ccccc2)/C1=C1/CC(c2ccc(Cl)cc2)ON1. The summed E-state index contributed by atoms with van der Waals surface area (Å²) in [5, 5.41) is 4.55. The fourth-order valence-electron chi connectivity index (χ4n) is 3.38. The maximum Gasteiger partial charge on any atom is 0.193 e. The second-order valence-corrected chi connectivity index (χ2v) is 7.17. The summed E-state index contributed by atoms with van der Waals surface area (Å²) in [5.74, 6) is 0. The molecule has 2 heterocycles. The van der Waals surface area contributed by atoms with E-state index in [-0.39, 0.29) is 12.1 Å². The Morgan fingerprint density at radius 1 is 1.08 bits per heavy atom. The molecule has 2 aromatic carbocycles. The van der Waals surface area contributed by atoms with Gasteiger partial charge in [0.1, 0.15) is 6.10 Å². The minimum atomic E-state index is -0.0622. The molecule has 0 radical (unpaired) electrons. The quantitative estimate of drug-likeness (QED) is 0.741. The number of nitrogens with zero attached hydrogens (tertiary/aromatic N) is 1. The summed E-state index contributed by atoms with van der Waals surface area (Å²) < 4.78 is 0. The van der Waals surface area contributed by atoms with Crippen LogP contribution in [-0.2, 0) is 4.84 Å². The minimum Gasteiger partial charge on any atom is -0.350 e. The van der Waals surface area contributed by atoms with Crippen molar-refractivity contribution in [3.63, 3.8) is 0 Å². The van der Waals surface area contributed by atoms with Crippen molar-refractivity contribution in [3.05, 3.63) is 82.0 Å². The molecular weight excluding hydrogens is 366 g/mol. The zero-order chi connectivity index (χ0) is 18.1. The van der Waals surface area contributed by atoms with E-state index >= 15 is 0 Å². The summed E-state index contributed by atoms with van der Waals surface area (Å²) in [6.07, 6.45) is 0.676. The maximum absolute atomic E-state index is 5.99. The van der Waals surface area contributed by atoms with E-state index in [0.29, 0.717) is 5.11 Å². The van der Waals surface area contributed by atoms with Gasteiger partial charge in [-0.05, 0) is 42.4 Å². The van der Waals surface area contributed by atoms with Crippen LogP contribution in [0.2, 0.25) is 5.02 Å². The lowest BCUT2D eigenvalue weighted by atomic mass is 9.91. The van der Waals surface area contributed by atoms with E-state index < -0.39 is 0 Å². The first-order chi connectivity index (χ1) is 12.6. The molecule has 0 spiro atoms. The van der Waals surface area contributed by atoms with Gasteiger partial charge in [0.15, 0.2) is 5.11 Å². The largest absolute Gasteiger partial charge is 0.350 e. The molecule has 1 saturated heterocycles. The Morgan fingerprint density at radius 3 is 2.54 bits per heavy atom. The Kier molecular flexibility index (Phi) is 4.76. The third-order valence-electron chi connectivity index (χ3n) is 4.63. The number of nitrogens with one attached hydrogen (secondary N) is 2. The van der Waals surface area contributed by atoms with Gasteiger partial charge >= 0.3 is 0 Å². The topological polar surface area (TPSA) is 45.7 Å². The molecule has 2 N–H and O–H groups in total. The maximum atomic E-state index is 5.99. The highest BCUT2D eigenvalue weighted by Gasteiger charge is 2.32. The molecule has 0 aromatic heterocycles. The normalized spacial score (nSPS) is 25.5. The monoisotopic (exact) mass is 383 g/mol. The minimum absolute atomic E-state index is 0.0451. The van der Waals surface area contributed by atoms with E-state index in [2.05, 4.69) is 27.9 Å². The van der Waals surface area contributed by atoms with Crippen LogP contribution in [-0.4, -0.2) is 10.8 Å². The molecule has 6 heteroatoms. The van der Waals surface area contributed by atoms with E-state index in [1.54, 1.807) is 0 Å². The van der Waals surface area contributed by atoms with Crippen LogP contribution in [0.25, 0.3) is 0 Å². The molecule has 132 valence electrons. The Hall–Kier alpha value is -2.21. The first kappa shape index (κ1) is 17.2. The smallest absolute Gasteiger partial charge is 0.193 e. The third kappa shape index (κ3) is 3.38. The molecule has 1 fully saturated rings. The molecule has 4 rings (SSSR count). The Balaban J connectivity index is 1.69. The van der Waals surface area contributed by atoms with Gasteiger partial charge in [-0.1, -0.05) is 54.1 Å². The zero-order valence-corrected chi connectivity index (χ0v) is 15.8. The second kappa shape index (κ2) is 7.19. The number of hydrogen-bond donors (Lipinski definition) is 2. The summed E-state index contributed by atoms with van der Waals surface area (Å²) >= 11 is 11.3. The molecule has 0 bridgehead atoms. The van der Waals surface area contributed by atoms with Crippen molar-refractivity contribution >= 4 is 34.6 Å². The van der Waals surface area contributed by atoms with Gasteiger partial charge in [-0.25, -0.2) is 4.99 Å². The number of rotatable bonds is 2. The summed E-state index contributed by atoms with van der Waals surface area (Å²) in [5.41, 5.74) is 8.36. The van der Waals surface area contributed by atoms with E-state index in [9.17, 15) is 0 Å². The summed E-state index contributed by atoms with van der Waals surface area (Å²) in [4.78, 5) is 10.3. The van der Waals surface area contributed by atoms with Crippen molar-refractivity contribution in [3.8, 4) is 0 Å². The fraction of sp³-hybridized carbons (Fsp3) is 0.200. The van der Waals surface area contributed by atoms with Crippen LogP contribution in [0.4, 0.5) is 0 Å². The van der Waals surface area contributed by atoms with Gasteiger partial charge in [0.25, 0.3) is 0 Å². The first-order valence-corrected chi connectivity index (χ1v) is 9.21. The number of aliphatic imine (C=N–C) groups is 1. The highest BCUT2D eigenvalue weighted by Crippen LogP contribution is 2.36. The predicted molar refractivity (Wildman–Crippen MR) is 108 cm³/mol. The lowest BCUT2D eigenvalue weighted by molar-refractivity contribution is 0.0388. The lowest BCUT2D eigenvalue weighted by Crippen LogP contribution is -2.36. The molecule has 2 atom stereocenters. The van der Waals surface area contributed by atoms with Crippen molar-refractivity contribution in [2.75, 3.05) is 0 Å². The predicted octanol–water partition coefficient (Wildman–Crippen LogP) is 4.65. The summed E-state index contributed by atoms with van der Waals surface area (Å²) in [7, 11) is 0. The van der Waals surface area contributed by atoms with E-state index in [0.717, 1.165) is 39.6 Å². The summed E-state index contributed by atoms with van der Waals surface area (Å²) in [6.45, 7) is 1.99. The van der Waals surface area contributed by atoms with Crippen molar-refractivity contribution in [2.24, 2.45) is 4.99 Å². The van der Waals surface area contributed by atoms with Crippen molar-refractivity contribution in [2.45, 2.75) is 25.5 Å². The summed E-state index contributed by atoms with van der Waals surface area (Å²) in [6, 6.07) is 17.9. The van der Waals surface area contributed by atoms with Gasteiger partial charge in [-0.15, -0.1) is 0 Å². The number of halogens is 1. The van der Waals surface area contributed by atoms with Gasteiger partial charge in [0.2, 0.25) is 0 Å². The second-order valence-electron chi connectivity index (χ2n) is 6.35. The van der Waals surface area contributed by atoms with Crippen LogP contribution in [0.3, 0.4) is 0 Å². The molecule has 2 aromatic rings. The van der Waals surface area contributed by atoms with Gasteiger partial charge in [-0.3, -0.25) is 10.3 Å². The Labute approximate surface area is 162 Å². The molecule has 0 saturated carbocycles. The average Bonchev–Trinajstić information content (AvgIpc) is 3.12. The molecule has 26 heavy (non-hydrogen) atoms. The van der Waals surface area contributed by atoms with Crippen LogP contribution in [0.1, 0.15) is 36.6 Å². The molecule has 4 nitrogen and oxygen atoms in total. The van der Waals surface area contributed by atoms with Crippen molar-refractivity contribution in [1.82, 2.24) is 10.8 Å². The highest BCUT2D eigenvalue weighted by molar-refractivity contribution is 7.80. The standard InChI is InChI=1S/C20H18ClN3OS/c1-12-18(19(23-20(26)22-12)14-5-3-2-4-6-14)16-11-17(25-24-16)13-7-9-15(21)10-8-13/h2-10,17,19,24H,11H2,1H3,(H,23,26)/b18-16-. The fourth-order valence-corrected chi connectivity index (χ4v) is 3.76. The first-order valence-electron chi connectivity index (χ1n) is 8.43. The van der Waals surface area contributed by atoms with Gasteiger partial charge in [0, 0.05) is 28.4 Å². The van der Waals surface area contributed by atoms with Crippen LogP contribution >= 0.6 is 23.8 Å². The van der Waals surface area contributed by atoms with Gasteiger partial charge < -0.3 is 5.32 Å². The van der Waals surface area contributed by atoms with Crippen molar-refractivity contribution < 1.29 is 4.84 Å². The van der Waals surface area contributed by atoms with Gasteiger partial charge in [-0.2, -0.15) is 0 Å². The van der Waals surface area contributed by atoms with E-state index in [4.69, 9.17) is 28.7 Å². The number of thiocarbonyl (C=S) groups is 1. The molecular formula is C20H18ClN3OS. The average molecular weight is 384 g/mol. The van der Waals surface area contributed by atoms with Crippen LogP contribution in [0.5, 0.6) is 0 Å². The molecule has 0 aliphatic carbocycles. The molecule has 2 aliphatic heterocycles. The van der Waals surface area contributed by atoms with E-state index in [1.807, 2.05) is 49.4 Å². The van der Waals surface area contributed by atoms with Crippen LogP contribution in [0, 0.1) is 0 Å². The van der Waals surface area contributed by atoms with Crippen LogP contribution in [0.15, 0.2) is 70.9 Å². The number of hydrogen-bond acceptors (Lipinski definition) is 3. The molecule has 2 aliphatic rings. The highest BCUT2D eigenvalue weighted by atomic mass is 35.5. The Bertz CT molecular complexity index is 893. The lowest BCUT2D eigenvalue weighted by Gasteiger charge is -2.28. The molecule has 2 unspecified atom stereocenters. The zero-order valence-electron chi connectivity index (χ0n) is 14.2. The van der Waals surface area contributed by atoms with Crippen molar-refractivity contribution in [1.29, 1.82) is 0 Å². The Morgan fingerprint density at radius 2 is 1.81 bits per heavy atom. The number of benzene rings is 2. The third-order valence-corrected chi connectivity index (χ3v) is 5.09. The van der Waals surface area contributed by atoms with Crippen LogP contribution < -0.4 is 10.8 Å².